The van der Waals surface area contributed by atoms with E-state index in [0.29, 0.717) is 18.6 Å². The molecule has 0 saturated carbocycles. The van der Waals surface area contributed by atoms with Crippen molar-refractivity contribution in [3.63, 3.8) is 0 Å². The zero-order valence-corrected chi connectivity index (χ0v) is 23.3. The van der Waals surface area contributed by atoms with E-state index in [1.165, 1.54) is 11.8 Å². The quantitative estimate of drug-likeness (QED) is 0.150. The van der Waals surface area contributed by atoms with Crippen molar-refractivity contribution < 1.29 is 31.9 Å². The van der Waals surface area contributed by atoms with Crippen molar-refractivity contribution in [3.8, 4) is 0 Å². The largest absolute Gasteiger partial charge is 0.416 e. The van der Waals surface area contributed by atoms with Crippen molar-refractivity contribution in [2.45, 2.75) is 38.4 Å². The Morgan fingerprint density at radius 3 is 2.17 bits per heavy atom. The Hall–Kier alpha value is -4.10. The number of halogens is 4. The summed E-state index contributed by atoms with van der Waals surface area (Å²) in [5.74, 6) is -4.45. The summed E-state index contributed by atoms with van der Waals surface area (Å²) in [7, 11) is 0. The molecule has 2 aromatic rings. The number of alkyl halides is 3. The van der Waals surface area contributed by atoms with Gasteiger partial charge in [0.15, 0.2) is 0 Å². The molecule has 228 valence electrons. The third kappa shape index (κ3) is 10.4. The predicted octanol–water partition coefficient (Wildman–Crippen LogP) is 2.77. The molecule has 0 heterocycles. The Balaban J connectivity index is 2.32. The number of nitrogens with two attached hydrogens (primary N) is 3. The highest BCUT2D eigenvalue weighted by Crippen LogP contribution is 2.32. The van der Waals surface area contributed by atoms with E-state index in [0.717, 1.165) is 11.6 Å². The van der Waals surface area contributed by atoms with E-state index < -0.39 is 52.7 Å². The fraction of sp³-hybridized carbons (Fsp3) is 0.379. The molecule has 0 bridgehead atoms. The van der Waals surface area contributed by atoms with Crippen molar-refractivity contribution in [3.05, 3.63) is 77.4 Å². The van der Waals surface area contributed by atoms with E-state index >= 15 is 0 Å². The molecule has 13 heteroatoms. The zero-order chi connectivity index (χ0) is 31.4. The monoisotopic (exact) mass is 592 g/mol. The highest BCUT2D eigenvalue weighted by molar-refractivity contribution is 6.06. The van der Waals surface area contributed by atoms with Gasteiger partial charge >= 0.3 is 6.18 Å². The molecule has 42 heavy (non-hydrogen) atoms. The minimum Gasteiger partial charge on any atom is -0.383 e. The van der Waals surface area contributed by atoms with Crippen LogP contribution in [0.25, 0.3) is 5.83 Å². The predicted molar refractivity (Wildman–Crippen MR) is 152 cm³/mol. The van der Waals surface area contributed by atoms with Crippen LogP contribution in [0, 0.1) is 5.92 Å². The highest BCUT2D eigenvalue weighted by atomic mass is 19.4. The van der Waals surface area contributed by atoms with Crippen LogP contribution in [0.4, 0.5) is 17.6 Å². The van der Waals surface area contributed by atoms with Gasteiger partial charge in [0.2, 0.25) is 11.8 Å². The molecule has 9 nitrogen and oxygen atoms in total. The minimum atomic E-state index is -4.83. The van der Waals surface area contributed by atoms with E-state index in [4.69, 9.17) is 17.2 Å². The lowest BCUT2D eigenvalue weighted by Crippen LogP contribution is -2.45. The summed E-state index contributed by atoms with van der Waals surface area (Å²) in [5.41, 5.74) is 15.8. The number of rotatable bonds is 14. The Morgan fingerprint density at radius 1 is 1.02 bits per heavy atom. The molecule has 3 amide bonds. The number of aliphatic imine (C=N–C) groups is 1. The molecule has 7 N–H and O–H groups in total. The number of amidine groups is 1. The third-order valence-electron chi connectivity index (χ3n) is 6.36. The van der Waals surface area contributed by atoms with Gasteiger partial charge in [-0.2, -0.15) is 18.2 Å². The van der Waals surface area contributed by atoms with Crippen LogP contribution in [0.3, 0.4) is 0 Å². The summed E-state index contributed by atoms with van der Waals surface area (Å²) < 4.78 is 53.9. The molecular weight excluding hydrogens is 556 g/mol. The van der Waals surface area contributed by atoms with E-state index in [1.807, 2.05) is 18.2 Å². The maximum Gasteiger partial charge on any atom is 0.416 e. The van der Waals surface area contributed by atoms with Gasteiger partial charge in [-0.1, -0.05) is 43.8 Å². The second-order valence-electron chi connectivity index (χ2n) is 9.69. The minimum absolute atomic E-state index is 0.0770. The number of hydrogen-bond donors (Lipinski definition) is 4. The third-order valence-corrected chi connectivity index (χ3v) is 6.36. The summed E-state index contributed by atoms with van der Waals surface area (Å²) in [6.45, 7) is 5.51. The fourth-order valence-electron chi connectivity index (χ4n) is 4.04. The van der Waals surface area contributed by atoms with Crippen LogP contribution in [-0.2, 0) is 27.0 Å². The van der Waals surface area contributed by atoms with E-state index in [2.05, 4.69) is 16.9 Å². The van der Waals surface area contributed by atoms with Crippen molar-refractivity contribution in [2.24, 2.45) is 28.1 Å². The Kier molecular flexibility index (Phi) is 12.8. The second kappa shape index (κ2) is 15.8. The van der Waals surface area contributed by atoms with Gasteiger partial charge in [0.1, 0.15) is 17.7 Å². The van der Waals surface area contributed by atoms with Crippen molar-refractivity contribution >= 4 is 29.4 Å². The fourth-order valence-corrected chi connectivity index (χ4v) is 4.04. The van der Waals surface area contributed by atoms with Crippen LogP contribution in [0.5, 0.6) is 0 Å². The average molecular weight is 593 g/mol. The number of aryl methyl sites for hydroxylation is 1. The lowest BCUT2D eigenvalue weighted by Gasteiger charge is -2.24. The molecule has 0 saturated heterocycles. The van der Waals surface area contributed by atoms with Crippen LogP contribution in [0.2, 0.25) is 0 Å². The molecule has 2 unspecified atom stereocenters. The average Bonchev–Trinajstić information content (AvgIpc) is 2.94. The number of nitrogens with zero attached hydrogens (tertiary/aromatic N) is 2. The van der Waals surface area contributed by atoms with E-state index in [-0.39, 0.29) is 50.5 Å². The molecule has 0 aromatic heterocycles. The first-order valence-corrected chi connectivity index (χ1v) is 13.2. The summed E-state index contributed by atoms with van der Waals surface area (Å²) in [6.07, 6.45) is -4.57. The first kappa shape index (κ1) is 34.1. The molecule has 0 radical (unpaired) electrons. The zero-order valence-electron chi connectivity index (χ0n) is 23.3. The maximum absolute atomic E-state index is 13.7. The summed E-state index contributed by atoms with van der Waals surface area (Å²) >= 11 is 0. The van der Waals surface area contributed by atoms with Crippen LogP contribution < -0.4 is 22.5 Å². The Morgan fingerprint density at radius 2 is 1.62 bits per heavy atom. The van der Waals surface area contributed by atoms with Crippen LogP contribution >= 0.6 is 0 Å². The number of amides is 3. The first-order valence-electron chi connectivity index (χ1n) is 13.2. The number of carbonyl (C=O) groups is 3. The Labute approximate surface area is 241 Å². The van der Waals surface area contributed by atoms with Crippen molar-refractivity contribution in [1.29, 1.82) is 0 Å². The molecule has 0 fully saturated rings. The lowest BCUT2D eigenvalue weighted by atomic mass is 10.0. The molecule has 2 aromatic carbocycles. The number of benzene rings is 2. The standard InChI is InChI=1S/C29H36F4N6O3/c1-18(14-25(40)39(12-10-34)13-11-35)27(41)37-24(9-8-20-6-4-3-5-7-20)28(42)38-26(36)22-15-21(19(2)30)16-23(17-22)29(31,32)33/h3-7,15-18,24H,2,8-14,34-35H2,1H3,(H,37,41)(H2,36,38,42). The second-order valence-corrected chi connectivity index (χ2v) is 9.69. The molecule has 0 aliphatic heterocycles. The normalized spacial score (nSPS) is 13.3. The van der Waals surface area contributed by atoms with Crippen LogP contribution in [0.15, 0.2) is 60.1 Å². The number of hydrogen-bond acceptors (Lipinski definition) is 5. The van der Waals surface area contributed by atoms with Gasteiger partial charge in [-0.3, -0.25) is 14.4 Å². The van der Waals surface area contributed by atoms with Gasteiger partial charge < -0.3 is 27.4 Å². The van der Waals surface area contributed by atoms with Gasteiger partial charge in [-0.05, 0) is 36.6 Å². The maximum atomic E-state index is 13.7. The van der Waals surface area contributed by atoms with E-state index in [9.17, 15) is 31.9 Å². The lowest BCUT2D eigenvalue weighted by molar-refractivity contribution is -0.137. The Bertz CT molecular complexity index is 1280. The highest BCUT2D eigenvalue weighted by Gasteiger charge is 2.32. The number of nitrogens with one attached hydrogen (secondary N) is 1. The molecule has 0 aliphatic carbocycles. The van der Waals surface area contributed by atoms with Gasteiger partial charge in [-0.15, -0.1) is 0 Å². The molecule has 0 aliphatic rings. The number of carbonyl (C=O) groups excluding carboxylic acids is 3. The van der Waals surface area contributed by atoms with Crippen LogP contribution in [0.1, 0.15) is 42.0 Å². The molecular formula is C29H36F4N6O3. The smallest absolute Gasteiger partial charge is 0.383 e. The molecule has 2 rings (SSSR count). The van der Waals surface area contributed by atoms with Gasteiger partial charge in [0.05, 0.1) is 5.56 Å². The van der Waals surface area contributed by atoms with Gasteiger partial charge in [0, 0.05) is 49.6 Å². The first-order chi connectivity index (χ1) is 19.8. The van der Waals surface area contributed by atoms with Crippen LogP contribution in [-0.4, -0.2) is 60.7 Å². The SMILES string of the molecule is C=C(F)c1cc(C(N)=NC(=O)C(CCc2ccccc2)NC(=O)C(C)CC(=O)N(CCN)CCN)cc(C(F)(F)F)c1. The topological polar surface area (TPSA) is 157 Å². The van der Waals surface area contributed by atoms with Crippen molar-refractivity contribution in [1.82, 2.24) is 10.2 Å². The van der Waals surface area contributed by atoms with Gasteiger partial charge in [-0.25, -0.2) is 4.39 Å². The van der Waals surface area contributed by atoms with Crippen molar-refractivity contribution in [2.75, 3.05) is 26.2 Å². The van der Waals surface area contributed by atoms with Gasteiger partial charge in [0.25, 0.3) is 5.91 Å². The van der Waals surface area contributed by atoms with E-state index in [1.54, 1.807) is 12.1 Å². The summed E-state index contributed by atoms with van der Waals surface area (Å²) in [6, 6.07) is 10.0. The molecule has 0 spiro atoms. The summed E-state index contributed by atoms with van der Waals surface area (Å²) in [4.78, 5) is 44.1. The molecule has 2 atom stereocenters. The summed E-state index contributed by atoms with van der Waals surface area (Å²) in [5, 5.41) is 2.59.